The van der Waals surface area contributed by atoms with Crippen molar-refractivity contribution < 1.29 is 32.2 Å². The fourth-order valence-electron chi connectivity index (χ4n) is 2.72. The van der Waals surface area contributed by atoms with E-state index < -0.39 is 30.4 Å². The number of rotatable bonds is 3. The lowest BCUT2D eigenvalue weighted by Crippen LogP contribution is -2.52. The number of esters is 1. The smallest absolute Gasteiger partial charge is 0.456 e. The number of hydrogen-bond donors (Lipinski definition) is 0. The Labute approximate surface area is 150 Å². The molecule has 1 aliphatic rings. The Balaban J connectivity index is 2.32. The van der Waals surface area contributed by atoms with Crippen LogP contribution in [0.4, 0.5) is 18.9 Å². The van der Waals surface area contributed by atoms with Gasteiger partial charge in [0.1, 0.15) is 0 Å². The van der Waals surface area contributed by atoms with Crippen molar-refractivity contribution >= 4 is 17.6 Å². The summed E-state index contributed by atoms with van der Waals surface area (Å²) in [6, 6.07) is 7.65. The van der Waals surface area contributed by atoms with E-state index in [0.29, 0.717) is 0 Å². The monoisotopic (exact) mass is 373 g/mol. The van der Waals surface area contributed by atoms with Gasteiger partial charge in [0.2, 0.25) is 6.29 Å². The molecule has 0 saturated carbocycles. The van der Waals surface area contributed by atoms with E-state index in [1.165, 1.54) is 19.1 Å². The molecule has 0 amide bonds. The molecule has 2 unspecified atom stereocenters. The molecule has 5 nitrogen and oxygen atoms in total. The summed E-state index contributed by atoms with van der Waals surface area (Å²) in [5.41, 5.74) is 0.0918. The van der Waals surface area contributed by atoms with E-state index in [0.717, 1.165) is 0 Å². The molecule has 0 aromatic heterocycles. The lowest BCUT2D eigenvalue weighted by atomic mass is 9.84. The SMILES string of the molecule is CC(=O)OC1[C@@H](OC(=Nc2ccccc2)C(F)(F)F)OC(C)[C@H](C)[C@@H]1C. The Morgan fingerprint density at radius 3 is 2.23 bits per heavy atom. The van der Waals surface area contributed by atoms with Crippen LogP contribution in [0.15, 0.2) is 35.3 Å². The van der Waals surface area contributed by atoms with Crippen LogP contribution in [0.3, 0.4) is 0 Å². The zero-order valence-electron chi connectivity index (χ0n) is 15.0. The zero-order chi connectivity index (χ0) is 19.5. The fourth-order valence-corrected chi connectivity index (χ4v) is 2.72. The molecular weight excluding hydrogens is 351 g/mol. The minimum absolute atomic E-state index is 0.0281. The van der Waals surface area contributed by atoms with Crippen LogP contribution >= 0.6 is 0 Å². The van der Waals surface area contributed by atoms with E-state index >= 15 is 0 Å². The highest BCUT2D eigenvalue weighted by Crippen LogP contribution is 2.35. The molecule has 0 radical (unpaired) electrons. The predicted octanol–water partition coefficient (Wildman–Crippen LogP) is 4.24. The number of nitrogens with zero attached hydrogens (tertiary/aromatic N) is 1. The number of halogens is 3. The number of carbonyl (C=O) groups excluding carboxylic acids is 1. The minimum atomic E-state index is -4.82. The molecule has 0 spiro atoms. The van der Waals surface area contributed by atoms with Gasteiger partial charge in [-0.05, 0) is 25.0 Å². The summed E-state index contributed by atoms with van der Waals surface area (Å²) in [7, 11) is 0. The molecule has 144 valence electrons. The van der Waals surface area contributed by atoms with Gasteiger partial charge in [0.25, 0.3) is 5.90 Å². The van der Waals surface area contributed by atoms with Gasteiger partial charge in [-0.15, -0.1) is 0 Å². The largest absolute Gasteiger partial charge is 0.468 e. The third-order valence-electron chi connectivity index (χ3n) is 4.46. The first kappa shape index (κ1) is 20.2. The molecule has 1 fully saturated rings. The standard InChI is InChI=1S/C18H22F3NO4/c1-10-11(2)15(25-13(4)23)16(24-12(10)3)26-17(18(19,20)21)22-14-8-6-5-7-9-14/h5-12,15-16H,1-4H3/t10-,11+,12?,15?,16-/m1/s1. The van der Waals surface area contributed by atoms with Crippen LogP contribution in [0.2, 0.25) is 0 Å². The maximum absolute atomic E-state index is 13.4. The Morgan fingerprint density at radius 2 is 1.69 bits per heavy atom. The fraction of sp³-hybridized carbons (Fsp3) is 0.556. The first-order chi connectivity index (χ1) is 12.1. The van der Waals surface area contributed by atoms with Crippen molar-refractivity contribution in [3.63, 3.8) is 0 Å². The highest BCUT2D eigenvalue weighted by atomic mass is 19.4. The number of ether oxygens (including phenoxy) is 3. The van der Waals surface area contributed by atoms with Gasteiger partial charge >= 0.3 is 12.1 Å². The van der Waals surface area contributed by atoms with Crippen molar-refractivity contribution in [2.24, 2.45) is 16.8 Å². The average molecular weight is 373 g/mol. The van der Waals surface area contributed by atoms with Crippen LogP contribution in [-0.2, 0) is 19.0 Å². The molecule has 5 atom stereocenters. The topological polar surface area (TPSA) is 57.1 Å². The molecule has 26 heavy (non-hydrogen) atoms. The second-order valence-corrected chi connectivity index (χ2v) is 6.37. The van der Waals surface area contributed by atoms with Gasteiger partial charge in [0.05, 0.1) is 11.8 Å². The van der Waals surface area contributed by atoms with E-state index in [-0.39, 0.29) is 23.6 Å². The third kappa shape index (κ3) is 4.97. The average Bonchev–Trinajstić information content (AvgIpc) is 2.55. The number of para-hydroxylation sites is 1. The van der Waals surface area contributed by atoms with Crippen LogP contribution in [0.25, 0.3) is 0 Å². The molecule has 1 aromatic rings. The molecule has 1 aromatic carbocycles. The molecule has 2 rings (SSSR count). The Hall–Kier alpha value is -2.09. The number of carbonyl (C=O) groups is 1. The summed E-state index contributed by atoms with van der Waals surface area (Å²) in [6.45, 7) is 6.60. The van der Waals surface area contributed by atoms with Gasteiger partial charge in [-0.1, -0.05) is 32.0 Å². The summed E-state index contributed by atoms with van der Waals surface area (Å²) in [5.74, 6) is -2.34. The Kier molecular flexibility index (Phi) is 6.28. The molecule has 8 heteroatoms. The number of hydrogen-bond acceptors (Lipinski definition) is 5. The lowest BCUT2D eigenvalue weighted by molar-refractivity contribution is -0.253. The maximum atomic E-state index is 13.4. The second kappa shape index (κ2) is 8.07. The van der Waals surface area contributed by atoms with Gasteiger partial charge in [0, 0.05) is 12.8 Å². The molecule has 0 aliphatic carbocycles. The van der Waals surface area contributed by atoms with Crippen molar-refractivity contribution in [1.29, 1.82) is 0 Å². The summed E-state index contributed by atoms with van der Waals surface area (Å²) in [6.07, 6.45) is -7.56. The lowest BCUT2D eigenvalue weighted by Gasteiger charge is -2.42. The van der Waals surface area contributed by atoms with Gasteiger partial charge in [-0.25, -0.2) is 4.99 Å². The van der Waals surface area contributed by atoms with Gasteiger partial charge in [-0.2, -0.15) is 13.2 Å². The third-order valence-corrected chi connectivity index (χ3v) is 4.46. The summed E-state index contributed by atoms with van der Waals surface area (Å²) < 4.78 is 56.0. The highest BCUT2D eigenvalue weighted by molar-refractivity contribution is 5.84. The molecule has 1 aliphatic heterocycles. The van der Waals surface area contributed by atoms with Crippen LogP contribution in [0.1, 0.15) is 27.7 Å². The maximum Gasteiger partial charge on any atom is 0.468 e. The van der Waals surface area contributed by atoms with Gasteiger partial charge in [-0.3, -0.25) is 4.79 Å². The quantitative estimate of drug-likeness (QED) is 0.452. The van der Waals surface area contributed by atoms with Crippen LogP contribution in [-0.4, -0.2) is 36.5 Å². The van der Waals surface area contributed by atoms with Gasteiger partial charge in [0.15, 0.2) is 6.10 Å². The van der Waals surface area contributed by atoms with E-state index in [1.54, 1.807) is 32.0 Å². The number of aliphatic imine (C=N–C) groups is 1. The first-order valence-electron chi connectivity index (χ1n) is 8.30. The van der Waals surface area contributed by atoms with Crippen LogP contribution in [0.5, 0.6) is 0 Å². The summed E-state index contributed by atoms with van der Waals surface area (Å²) >= 11 is 0. The van der Waals surface area contributed by atoms with Crippen LogP contribution in [0, 0.1) is 11.8 Å². The van der Waals surface area contributed by atoms with Crippen molar-refractivity contribution in [1.82, 2.24) is 0 Å². The van der Waals surface area contributed by atoms with Crippen molar-refractivity contribution in [2.75, 3.05) is 0 Å². The minimum Gasteiger partial charge on any atom is -0.456 e. The van der Waals surface area contributed by atoms with Gasteiger partial charge < -0.3 is 14.2 Å². The Bertz CT molecular complexity index is 648. The zero-order valence-corrected chi connectivity index (χ0v) is 15.0. The van der Waals surface area contributed by atoms with E-state index in [9.17, 15) is 18.0 Å². The summed E-state index contributed by atoms with van der Waals surface area (Å²) in [4.78, 5) is 14.9. The van der Waals surface area contributed by atoms with E-state index in [4.69, 9.17) is 14.2 Å². The molecule has 1 saturated heterocycles. The van der Waals surface area contributed by atoms with Crippen molar-refractivity contribution in [3.05, 3.63) is 30.3 Å². The predicted molar refractivity (Wildman–Crippen MR) is 88.9 cm³/mol. The van der Waals surface area contributed by atoms with E-state index in [1.807, 2.05) is 6.92 Å². The van der Waals surface area contributed by atoms with Crippen molar-refractivity contribution in [3.8, 4) is 0 Å². The van der Waals surface area contributed by atoms with E-state index in [2.05, 4.69) is 4.99 Å². The first-order valence-corrected chi connectivity index (χ1v) is 8.30. The second-order valence-electron chi connectivity index (χ2n) is 6.37. The molecule has 0 bridgehead atoms. The molecular formula is C18H22F3NO4. The number of alkyl halides is 3. The highest BCUT2D eigenvalue weighted by Gasteiger charge is 2.47. The molecule has 1 heterocycles. The van der Waals surface area contributed by atoms with Crippen LogP contribution < -0.4 is 0 Å². The van der Waals surface area contributed by atoms with Crippen molar-refractivity contribution in [2.45, 2.75) is 52.4 Å². The molecule has 0 N–H and O–H groups in total. The normalized spacial score (nSPS) is 30.0. The number of benzene rings is 1. The summed E-state index contributed by atoms with van der Waals surface area (Å²) in [5, 5.41) is 0. The Morgan fingerprint density at radius 1 is 1.08 bits per heavy atom.